The third-order valence-electron chi connectivity index (χ3n) is 12.3. The molecule has 0 aliphatic rings. The summed E-state index contributed by atoms with van der Waals surface area (Å²) < 4.78 is 5.93. The first-order valence-electron chi connectivity index (χ1n) is 26.4. The van der Waals surface area contributed by atoms with Crippen molar-refractivity contribution in [2.75, 3.05) is 6.61 Å². The molecule has 350 valence electrons. The van der Waals surface area contributed by atoms with Gasteiger partial charge in [-0.25, -0.2) is 0 Å². The molecule has 0 aliphatic heterocycles. The lowest BCUT2D eigenvalue weighted by molar-refractivity contribution is -0.151. The van der Waals surface area contributed by atoms with Crippen LogP contribution in [0.5, 0.6) is 0 Å². The summed E-state index contributed by atoms with van der Waals surface area (Å²) in [6, 6.07) is -0.695. The Balaban J connectivity index is 4.47. The number of esters is 1. The van der Waals surface area contributed by atoms with Gasteiger partial charge in [0.05, 0.1) is 25.2 Å². The Labute approximate surface area is 368 Å². The maximum Gasteiger partial charge on any atom is 0.306 e. The van der Waals surface area contributed by atoms with Crippen molar-refractivity contribution in [1.82, 2.24) is 5.32 Å². The Hall–Kier alpha value is -1.40. The lowest BCUT2D eigenvalue weighted by Crippen LogP contribution is -2.46. The number of hydrogen-bond donors (Lipinski definition) is 3. The Morgan fingerprint density at radius 2 is 0.814 bits per heavy atom. The van der Waals surface area contributed by atoms with E-state index < -0.39 is 18.2 Å². The van der Waals surface area contributed by atoms with Gasteiger partial charge in [-0.1, -0.05) is 238 Å². The van der Waals surface area contributed by atoms with Crippen LogP contribution in [0, 0.1) is 0 Å². The van der Waals surface area contributed by atoms with Crippen molar-refractivity contribution in [2.24, 2.45) is 0 Å². The normalized spacial score (nSPS) is 13.2. The quantitative estimate of drug-likeness (QED) is 0.0322. The van der Waals surface area contributed by atoms with E-state index in [1.165, 1.54) is 193 Å². The van der Waals surface area contributed by atoms with E-state index in [4.69, 9.17) is 4.74 Å². The second kappa shape index (κ2) is 47.6. The summed E-state index contributed by atoms with van der Waals surface area (Å²) in [5.41, 5.74) is 0. The van der Waals surface area contributed by atoms with Crippen molar-refractivity contribution in [3.05, 3.63) is 12.2 Å². The number of rotatable bonds is 48. The van der Waals surface area contributed by atoms with Crippen LogP contribution in [0.15, 0.2) is 12.2 Å². The minimum absolute atomic E-state index is 0.0812. The van der Waals surface area contributed by atoms with E-state index in [0.717, 1.165) is 51.4 Å². The number of hydrogen-bond acceptors (Lipinski definition) is 5. The number of allylic oxidation sites excluding steroid dienone is 2. The predicted octanol–water partition coefficient (Wildman–Crippen LogP) is 15.7. The van der Waals surface area contributed by atoms with Gasteiger partial charge in [-0.2, -0.15) is 0 Å². The summed E-state index contributed by atoms with van der Waals surface area (Å²) in [6.45, 7) is 6.49. The van der Waals surface area contributed by atoms with Gasteiger partial charge in [0.25, 0.3) is 0 Å². The summed E-state index contributed by atoms with van der Waals surface area (Å²) in [7, 11) is 0. The number of aliphatic hydroxyl groups excluding tert-OH is 2. The van der Waals surface area contributed by atoms with E-state index in [1.54, 1.807) is 0 Å². The highest BCUT2D eigenvalue weighted by molar-refractivity contribution is 5.77. The first-order valence-corrected chi connectivity index (χ1v) is 26.4. The van der Waals surface area contributed by atoms with E-state index in [1.807, 2.05) is 0 Å². The van der Waals surface area contributed by atoms with E-state index in [2.05, 4.69) is 38.2 Å². The Bertz CT molecular complexity index is 893. The van der Waals surface area contributed by atoms with Gasteiger partial charge < -0.3 is 20.3 Å². The van der Waals surface area contributed by atoms with Gasteiger partial charge >= 0.3 is 5.97 Å². The molecular formula is C53H103NO5. The highest BCUT2D eigenvalue weighted by Gasteiger charge is 2.24. The summed E-state index contributed by atoms with van der Waals surface area (Å²) in [5.74, 6) is -0.467. The molecule has 0 rings (SSSR count). The number of carbonyl (C=O) groups excluding carboxylic acids is 2. The molecular weight excluding hydrogens is 731 g/mol. The van der Waals surface area contributed by atoms with Gasteiger partial charge in [0, 0.05) is 6.42 Å². The molecule has 3 atom stereocenters. The molecule has 3 N–H and O–H groups in total. The minimum Gasteiger partial charge on any atom is -0.462 e. The summed E-state index contributed by atoms with van der Waals surface area (Å²) in [4.78, 5) is 26.1. The SMILES string of the molecule is CCCCCCCCCCC/C=C/CCCCCCCC(=O)OC(CCCCCCCCCCCCC)CC(=O)NC(CO)C(O)CCCCCCCCCCCCC. The number of amides is 1. The number of carbonyl (C=O) groups is 2. The molecule has 6 heteroatoms. The fourth-order valence-corrected chi connectivity index (χ4v) is 8.31. The number of ether oxygens (including phenoxy) is 1. The van der Waals surface area contributed by atoms with Gasteiger partial charge in [-0.3, -0.25) is 9.59 Å². The van der Waals surface area contributed by atoms with Crippen LogP contribution in [0.3, 0.4) is 0 Å². The van der Waals surface area contributed by atoms with Gasteiger partial charge in [-0.15, -0.1) is 0 Å². The van der Waals surface area contributed by atoms with Crippen LogP contribution < -0.4 is 5.32 Å². The molecule has 0 bridgehead atoms. The van der Waals surface area contributed by atoms with Crippen LogP contribution in [0.25, 0.3) is 0 Å². The van der Waals surface area contributed by atoms with Crippen molar-refractivity contribution >= 4 is 11.9 Å². The topological polar surface area (TPSA) is 95.9 Å². The van der Waals surface area contributed by atoms with Crippen molar-refractivity contribution in [3.63, 3.8) is 0 Å². The van der Waals surface area contributed by atoms with Crippen LogP contribution in [0.2, 0.25) is 0 Å². The average Bonchev–Trinajstić information content (AvgIpc) is 3.23. The molecule has 1 amide bonds. The maximum absolute atomic E-state index is 13.2. The van der Waals surface area contributed by atoms with Gasteiger partial charge in [0.2, 0.25) is 5.91 Å². The highest BCUT2D eigenvalue weighted by Crippen LogP contribution is 2.18. The molecule has 0 spiro atoms. The Morgan fingerprint density at radius 1 is 0.475 bits per heavy atom. The molecule has 0 aromatic rings. The largest absolute Gasteiger partial charge is 0.462 e. The molecule has 0 aliphatic carbocycles. The first-order chi connectivity index (χ1) is 29.0. The van der Waals surface area contributed by atoms with Gasteiger partial charge in [0.15, 0.2) is 0 Å². The summed E-state index contributed by atoms with van der Waals surface area (Å²) >= 11 is 0. The fraction of sp³-hybridized carbons (Fsp3) is 0.925. The first kappa shape index (κ1) is 57.6. The number of nitrogens with one attached hydrogen (secondary N) is 1. The van der Waals surface area contributed by atoms with Crippen molar-refractivity contribution in [1.29, 1.82) is 0 Å². The van der Waals surface area contributed by atoms with E-state index >= 15 is 0 Å². The third-order valence-corrected chi connectivity index (χ3v) is 12.3. The molecule has 3 unspecified atom stereocenters. The van der Waals surface area contributed by atoms with Crippen LogP contribution in [-0.2, 0) is 14.3 Å². The summed E-state index contributed by atoms with van der Waals surface area (Å²) in [5, 5.41) is 23.7. The maximum atomic E-state index is 13.2. The van der Waals surface area contributed by atoms with Crippen LogP contribution >= 0.6 is 0 Å². The number of aliphatic hydroxyl groups is 2. The lowest BCUT2D eigenvalue weighted by atomic mass is 10.0. The highest BCUT2D eigenvalue weighted by atomic mass is 16.5. The zero-order valence-electron chi connectivity index (χ0n) is 39.9. The van der Waals surface area contributed by atoms with E-state index in [9.17, 15) is 19.8 Å². The van der Waals surface area contributed by atoms with Crippen LogP contribution in [0.4, 0.5) is 0 Å². The van der Waals surface area contributed by atoms with E-state index in [0.29, 0.717) is 19.3 Å². The molecule has 0 radical (unpaired) electrons. The monoisotopic (exact) mass is 834 g/mol. The van der Waals surface area contributed by atoms with Gasteiger partial charge in [-0.05, 0) is 51.4 Å². The minimum atomic E-state index is -0.782. The second-order valence-corrected chi connectivity index (χ2v) is 18.3. The molecule has 6 nitrogen and oxygen atoms in total. The lowest BCUT2D eigenvalue weighted by Gasteiger charge is -2.24. The Morgan fingerprint density at radius 3 is 1.20 bits per heavy atom. The van der Waals surface area contributed by atoms with Crippen LogP contribution in [-0.4, -0.2) is 46.9 Å². The number of unbranched alkanes of at least 4 members (excludes halogenated alkanes) is 34. The predicted molar refractivity (Wildman–Crippen MR) is 255 cm³/mol. The third kappa shape index (κ3) is 43.1. The average molecular weight is 834 g/mol. The molecule has 0 heterocycles. The van der Waals surface area contributed by atoms with Gasteiger partial charge in [0.1, 0.15) is 6.10 Å². The van der Waals surface area contributed by atoms with Crippen molar-refractivity contribution in [2.45, 2.75) is 309 Å². The zero-order valence-corrected chi connectivity index (χ0v) is 39.9. The fourth-order valence-electron chi connectivity index (χ4n) is 8.31. The van der Waals surface area contributed by atoms with Crippen molar-refractivity contribution < 1.29 is 24.5 Å². The summed E-state index contributed by atoms with van der Waals surface area (Å²) in [6.07, 6.45) is 52.7. The second-order valence-electron chi connectivity index (χ2n) is 18.3. The molecule has 0 saturated carbocycles. The zero-order chi connectivity index (χ0) is 43.1. The molecule has 0 aromatic heterocycles. The molecule has 0 saturated heterocycles. The van der Waals surface area contributed by atoms with Crippen LogP contribution in [0.1, 0.15) is 290 Å². The smallest absolute Gasteiger partial charge is 0.306 e. The molecule has 59 heavy (non-hydrogen) atoms. The molecule has 0 fully saturated rings. The van der Waals surface area contributed by atoms with E-state index in [-0.39, 0.29) is 24.9 Å². The van der Waals surface area contributed by atoms with Crippen molar-refractivity contribution in [3.8, 4) is 0 Å². The molecule has 0 aromatic carbocycles. The Kier molecular flexibility index (Phi) is 46.5. The standard InChI is InChI=1S/C53H103NO5/c1-4-7-10-13-16-19-22-23-24-25-26-27-28-31-34-37-40-43-46-53(58)59-49(44-41-38-35-32-29-20-17-14-11-8-5-2)47-52(57)54-50(48-55)51(56)45-42-39-36-33-30-21-18-15-12-9-6-3/h26-27,49-51,55-56H,4-25,28-48H2,1-3H3,(H,54,57)/b27-26+.